The summed E-state index contributed by atoms with van der Waals surface area (Å²) in [5, 5.41) is 4.48. The fraction of sp³-hybridized carbons (Fsp3) is 0.600. The summed E-state index contributed by atoms with van der Waals surface area (Å²) in [6.07, 6.45) is 8.75. The molecule has 19 heavy (non-hydrogen) atoms. The number of aromatic nitrogens is 1. The van der Waals surface area contributed by atoms with E-state index in [1.54, 1.807) is 0 Å². The van der Waals surface area contributed by atoms with Gasteiger partial charge < -0.3 is 5.32 Å². The molecule has 0 saturated heterocycles. The molecule has 0 bridgehead atoms. The average molecular weight is 275 g/mol. The van der Waals surface area contributed by atoms with Gasteiger partial charge in [-0.05, 0) is 37.3 Å². The molecule has 0 atom stereocenters. The molecule has 1 aliphatic carbocycles. The Bertz CT molecular complexity index is 478. The summed E-state index contributed by atoms with van der Waals surface area (Å²) in [6.45, 7) is 3.03. The van der Waals surface area contributed by atoms with E-state index in [9.17, 15) is 0 Å². The molecule has 0 amide bonds. The van der Waals surface area contributed by atoms with Gasteiger partial charge >= 0.3 is 0 Å². The van der Waals surface area contributed by atoms with Crippen LogP contribution in [0.25, 0.3) is 0 Å². The molecule has 1 aromatic rings. The summed E-state index contributed by atoms with van der Waals surface area (Å²) in [5.41, 5.74) is 2.61. The van der Waals surface area contributed by atoms with Crippen LogP contribution in [-0.2, 0) is 0 Å². The van der Waals surface area contributed by atoms with Crippen molar-refractivity contribution in [1.29, 1.82) is 0 Å². The molecule has 0 radical (unpaired) electrons. The van der Waals surface area contributed by atoms with E-state index in [-0.39, 0.29) is 0 Å². The minimum Gasteiger partial charge on any atom is -0.334 e. The standard InChI is InChI=1S/C15H21N3S/c1-12-13(6-5-9-16-12)18-14-17-10-15(11-19-14)7-3-2-4-8-15/h5-6,9H,2-4,7-8,10-11H2,1H3,(H,17,18). The first-order valence-corrected chi connectivity index (χ1v) is 8.12. The van der Waals surface area contributed by atoms with Crippen molar-refractivity contribution in [3.63, 3.8) is 0 Å². The van der Waals surface area contributed by atoms with Gasteiger partial charge in [-0.25, -0.2) is 0 Å². The molecule has 2 aliphatic rings. The van der Waals surface area contributed by atoms with Crippen molar-refractivity contribution in [2.45, 2.75) is 39.0 Å². The second-order valence-electron chi connectivity index (χ2n) is 5.73. The normalized spacial score (nSPS) is 22.1. The lowest BCUT2D eigenvalue weighted by Gasteiger charge is -2.38. The fourth-order valence-corrected chi connectivity index (χ4v) is 4.12. The number of rotatable bonds is 1. The molecule has 1 N–H and O–H groups in total. The summed E-state index contributed by atoms with van der Waals surface area (Å²) in [5.74, 6) is 1.22. The Morgan fingerprint density at radius 3 is 2.79 bits per heavy atom. The molecule has 3 rings (SSSR count). The number of pyridine rings is 1. The van der Waals surface area contributed by atoms with Gasteiger partial charge in [-0.15, -0.1) is 0 Å². The number of amidine groups is 1. The number of aryl methyl sites for hydroxylation is 1. The van der Waals surface area contributed by atoms with Crippen LogP contribution in [0, 0.1) is 12.3 Å². The van der Waals surface area contributed by atoms with Crippen molar-refractivity contribution in [3.8, 4) is 0 Å². The predicted octanol–water partition coefficient (Wildman–Crippen LogP) is 3.86. The first kappa shape index (κ1) is 13.0. The summed E-state index contributed by atoms with van der Waals surface area (Å²) >= 11 is 1.88. The highest BCUT2D eigenvalue weighted by atomic mass is 32.2. The van der Waals surface area contributed by atoms with E-state index < -0.39 is 0 Å². The summed E-state index contributed by atoms with van der Waals surface area (Å²) in [4.78, 5) is 9.08. The highest BCUT2D eigenvalue weighted by Gasteiger charge is 2.34. The maximum absolute atomic E-state index is 4.78. The maximum Gasteiger partial charge on any atom is 0.161 e. The van der Waals surface area contributed by atoms with Crippen molar-refractivity contribution >= 4 is 22.6 Å². The number of anilines is 1. The molecule has 0 aromatic carbocycles. The monoisotopic (exact) mass is 275 g/mol. The second kappa shape index (κ2) is 5.53. The minimum atomic E-state index is 0.498. The molecule has 4 heteroatoms. The second-order valence-corrected chi connectivity index (χ2v) is 6.70. The molecule has 1 fully saturated rings. The zero-order chi connectivity index (χ0) is 13.1. The number of nitrogens with zero attached hydrogens (tertiary/aromatic N) is 2. The molecular weight excluding hydrogens is 254 g/mol. The number of hydrogen-bond donors (Lipinski definition) is 1. The SMILES string of the molecule is Cc1ncccc1NC1=NCC2(CCCCC2)CS1. The van der Waals surface area contributed by atoms with Gasteiger partial charge in [-0.1, -0.05) is 31.0 Å². The van der Waals surface area contributed by atoms with Crippen LogP contribution in [0.1, 0.15) is 37.8 Å². The van der Waals surface area contributed by atoms with Gasteiger partial charge in [0.05, 0.1) is 11.4 Å². The van der Waals surface area contributed by atoms with Crippen LogP contribution in [0.2, 0.25) is 0 Å². The molecule has 0 unspecified atom stereocenters. The lowest BCUT2D eigenvalue weighted by molar-refractivity contribution is 0.232. The first-order chi connectivity index (χ1) is 9.27. The van der Waals surface area contributed by atoms with Crippen LogP contribution in [0.4, 0.5) is 5.69 Å². The third kappa shape index (κ3) is 2.94. The Hall–Kier alpha value is -1.03. The van der Waals surface area contributed by atoms with Gasteiger partial charge in [0.25, 0.3) is 0 Å². The molecule has 1 saturated carbocycles. The van der Waals surface area contributed by atoms with Crippen LogP contribution in [0.15, 0.2) is 23.3 Å². The lowest BCUT2D eigenvalue weighted by atomic mass is 9.75. The van der Waals surface area contributed by atoms with Crippen molar-refractivity contribution in [2.24, 2.45) is 10.4 Å². The molecule has 3 nitrogen and oxygen atoms in total. The van der Waals surface area contributed by atoms with Crippen LogP contribution in [0.5, 0.6) is 0 Å². The Morgan fingerprint density at radius 1 is 1.26 bits per heavy atom. The minimum absolute atomic E-state index is 0.498. The van der Waals surface area contributed by atoms with Gasteiger partial charge in [-0.2, -0.15) is 0 Å². The Labute approximate surface area is 119 Å². The molecule has 1 aromatic heterocycles. The highest BCUT2D eigenvalue weighted by molar-refractivity contribution is 8.14. The van der Waals surface area contributed by atoms with Crippen molar-refractivity contribution < 1.29 is 0 Å². The zero-order valence-electron chi connectivity index (χ0n) is 11.5. The first-order valence-electron chi connectivity index (χ1n) is 7.13. The highest BCUT2D eigenvalue weighted by Crippen LogP contribution is 2.41. The van der Waals surface area contributed by atoms with Crippen LogP contribution < -0.4 is 5.32 Å². The Kier molecular flexibility index (Phi) is 3.78. The van der Waals surface area contributed by atoms with E-state index in [1.807, 2.05) is 30.9 Å². The molecule has 1 aliphatic heterocycles. The predicted molar refractivity (Wildman–Crippen MR) is 82.9 cm³/mol. The van der Waals surface area contributed by atoms with Crippen LogP contribution in [0.3, 0.4) is 0 Å². The number of thioether (sulfide) groups is 1. The van der Waals surface area contributed by atoms with E-state index in [1.165, 1.54) is 37.9 Å². The number of aliphatic imine (C=N–C) groups is 1. The molecular formula is C15H21N3S. The van der Waals surface area contributed by atoms with Gasteiger partial charge in [0, 0.05) is 18.5 Å². The van der Waals surface area contributed by atoms with Crippen molar-refractivity contribution in [2.75, 3.05) is 17.6 Å². The summed E-state index contributed by atoms with van der Waals surface area (Å²) in [7, 11) is 0. The van der Waals surface area contributed by atoms with Gasteiger partial charge in [0.1, 0.15) is 0 Å². The quantitative estimate of drug-likeness (QED) is 0.845. The largest absolute Gasteiger partial charge is 0.334 e. The van der Waals surface area contributed by atoms with E-state index in [2.05, 4.69) is 16.4 Å². The summed E-state index contributed by atoms with van der Waals surface area (Å²) < 4.78 is 0. The zero-order valence-corrected chi connectivity index (χ0v) is 12.3. The number of nitrogens with one attached hydrogen (secondary N) is 1. The average Bonchev–Trinajstić information content (AvgIpc) is 2.45. The van der Waals surface area contributed by atoms with E-state index in [4.69, 9.17) is 4.99 Å². The Morgan fingerprint density at radius 2 is 2.11 bits per heavy atom. The number of hydrogen-bond acceptors (Lipinski definition) is 4. The third-order valence-corrected chi connectivity index (χ3v) is 5.50. The van der Waals surface area contributed by atoms with Gasteiger partial charge in [0.2, 0.25) is 0 Å². The molecule has 1 spiro atoms. The third-order valence-electron chi connectivity index (χ3n) is 4.24. The van der Waals surface area contributed by atoms with Gasteiger partial charge in [0.15, 0.2) is 5.17 Å². The van der Waals surface area contributed by atoms with E-state index >= 15 is 0 Å². The lowest BCUT2D eigenvalue weighted by Crippen LogP contribution is -2.35. The van der Waals surface area contributed by atoms with Crippen molar-refractivity contribution in [3.05, 3.63) is 24.0 Å². The molecule has 2 heterocycles. The Balaban J connectivity index is 1.66. The topological polar surface area (TPSA) is 37.3 Å². The fourth-order valence-electron chi connectivity index (χ4n) is 2.96. The van der Waals surface area contributed by atoms with E-state index in [0.29, 0.717) is 5.41 Å². The summed E-state index contributed by atoms with van der Waals surface area (Å²) in [6, 6.07) is 4.03. The smallest absolute Gasteiger partial charge is 0.161 e. The molecule has 102 valence electrons. The van der Waals surface area contributed by atoms with Crippen molar-refractivity contribution in [1.82, 2.24) is 4.98 Å². The van der Waals surface area contributed by atoms with E-state index in [0.717, 1.165) is 23.1 Å². The van der Waals surface area contributed by atoms with Gasteiger partial charge in [-0.3, -0.25) is 9.98 Å². The van der Waals surface area contributed by atoms with Crippen LogP contribution >= 0.6 is 11.8 Å². The maximum atomic E-state index is 4.78. The van der Waals surface area contributed by atoms with Crippen LogP contribution in [-0.4, -0.2) is 22.4 Å².